The molecular weight excluding hydrogens is 404 g/mol. The molecule has 30 heavy (non-hydrogen) atoms. The lowest BCUT2D eigenvalue weighted by Gasteiger charge is -2.15. The number of benzene rings is 2. The van der Waals surface area contributed by atoms with E-state index in [1.165, 1.54) is 12.1 Å². The summed E-state index contributed by atoms with van der Waals surface area (Å²) in [5.74, 6) is 2.25. The van der Waals surface area contributed by atoms with Crippen molar-refractivity contribution in [3.8, 4) is 29.6 Å². The number of rotatable bonds is 9. The van der Waals surface area contributed by atoms with Crippen molar-refractivity contribution in [3.05, 3.63) is 46.5 Å². The fraction of sp³-hybridized carbons (Fsp3) is 0.348. The van der Waals surface area contributed by atoms with Gasteiger partial charge in [0.05, 0.1) is 23.7 Å². The molecule has 7 heteroatoms. The number of hydrogen-bond donors (Lipinski definition) is 3. The highest BCUT2D eigenvalue weighted by atomic mass is 35.5. The Balaban J connectivity index is 2.01. The average molecular weight is 431 g/mol. The SMILES string of the molecule is C#CCN(C)CCCOc1ccc(NC(=O)c2cc(C(C)C)c(O)cc2O)cc1Cl. The minimum atomic E-state index is -0.504. The Kier molecular flexibility index (Phi) is 8.40. The summed E-state index contributed by atoms with van der Waals surface area (Å²) in [5, 5.41) is 23.1. The molecule has 0 aliphatic heterocycles. The Hall–Kier alpha value is -2.88. The monoisotopic (exact) mass is 430 g/mol. The molecule has 3 N–H and O–H groups in total. The van der Waals surface area contributed by atoms with Crippen LogP contribution in [0.25, 0.3) is 0 Å². The Morgan fingerprint density at radius 2 is 2.00 bits per heavy atom. The molecule has 0 aliphatic carbocycles. The van der Waals surface area contributed by atoms with Crippen molar-refractivity contribution < 1.29 is 19.7 Å². The number of halogens is 1. The van der Waals surface area contributed by atoms with Gasteiger partial charge in [0.2, 0.25) is 0 Å². The molecule has 1 amide bonds. The summed E-state index contributed by atoms with van der Waals surface area (Å²) < 4.78 is 5.69. The number of hydrogen-bond acceptors (Lipinski definition) is 5. The number of terminal acetylenes is 1. The zero-order chi connectivity index (χ0) is 22.3. The summed E-state index contributed by atoms with van der Waals surface area (Å²) >= 11 is 6.27. The molecule has 0 atom stereocenters. The van der Waals surface area contributed by atoms with E-state index in [0.717, 1.165) is 13.0 Å². The molecular formula is C23H27ClN2O4. The summed E-state index contributed by atoms with van der Waals surface area (Å²) in [6, 6.07) is 7.60. The van der Waals surface area contributed by atoms with E-state index < -0.39 is 5.91 Å². The zero-order valence-electron chi connectivity index (χ0n) is 17.4. The Morgan fingerprint density at radius 3 is 2.63 bits per heavy atom. The summed E-state index contributed by atoms with van der Waals surface area (Å²) in [5.41, 5.74) is 1.11. The molecule has 2 aromatic rings. The van der Waals surface area contributed by atoms with Crippen LogP contribution in [0, 0.1) is 12.3 Å². The lowest BCUT2D eigenvalue weighted by Crippen LogP contribution is -2.21. The number of ether oxygens (including phenoxy) is 1. The molecule has 0 fully saturated rings. The molecule has 0 unspecified atom stereocenters. The Labute approximate surface area is 182 Å². The molecule has 0 spiro atoms. The molecule has 2 rings (SSSR count). The molecule has 0 aliphatic rings. The summed E-state index contributed by atoms with van der Waals surface area (Å²) in [6.07, 6.45) is 6.07. The van der Waals surface area contributed by atoms with Crippen molar-refractivity contribution in [2.75, 3.05) is 32.1 Å². The van der Waals surface area contributed by atoms with Crippen LogP contribution in [0.1, 0.15) is 42.1 Å². The molecule has 0 radical (unpaired) electrons. The van der Waals surface area contributed by atoms with E-state index in [1.807, 2.05) is 25.8 Å². The third kappa shape index (κ3) is 6.31. The second-order valence-corrected chi connectivity index (χ2v) is 7.73. The average Bonchev–Trinajstić information content (AvgIpc) is 2.66. The largest absolute Gasteiger partial charge is 0.508 e. The topological polar surface area (TPSA) is 82.0 Å². The standard InChI is InChI=1S/C23H27ClN2O4/c1-5-9-26(4)10-6-11-30-22-8-7-16(12-19(22)24)25-23(29)18-13-17(15(2)3)20(27)14-21(18)28/h1,7-8,12-15,27-28H,6,9-11H2,2-4H3,(H,25,29). The van der Waals surface area contributed by atoms with Gasteiger partial charge in [0.25, 0.3) is 5.91 Å². The van der Waals surface area contributed by atoms with E-state index in [0.29, 0.717) is 35.2 Å². The molecule has 6 nitrogen and oxygen atoms in total. The van der Waals surface area contributed by atoms with Gasteiger partial charge < -0.3 is 20.3 Å². The van der Waals surface area contributed by atoms with E-state index in [-0.39, 0.29) is 23.0 Å². The zero-order valence-corrected chi connectivity index (χ0v) is 18.2. The number of nitrogens with zero attached hydrogens (tertiary/aromatic N) is 1. The van der Waals surface area contributed by atoms with Gasteiger partial charge in [0, 0.05) is 18.3 Å². The highest BCUT2D eigenvalue weighted by molar-refractivity contribution is 6.32. The van der Waals surface area contributed by atoms with Gasteiger partial charge in [-0.1, -0.05) is 31.4 Å². The second-order valence-electron chi connectivity index (χ2n) is 7.33. The van der Waals surface area contributed by atoms with Crippen molar-refractivity contribution >= 4 is 23.2 Å². The van der Waals surface area contributed by atoms with Gasteiger partial charge in [0.15, 0.2) is 0 Å². The molecule has 0 saturated heterocycles. The van der Waals surface area contributed by atoms with Crippen LogP contribution in [0.15, 0.2) is 30.3 Å². The summed E-state index contributed by atoms with van der Waals surface area (Å²) in [4.78, 5) is 14.6. The third-order valence-electron chi connectivity index (χ3n) is 4.50. The second kappa shape index (κ2) is 10.8. The summed E-state index contributed by atoms with van der Waals surface area (Å²) in [6.45, 7) is 5.66. The molecule has 0 aromatic heterocycles. The summed E-state index contributed by atoms with van der Waals surface area (Å²) in [7, 11) is 1.94. The molecule has 0 saturated carbocycles. The molecule has 0 bridgehead atoms. The molecule has 160 valence electrons. The normalized spacial score (nSPS) is 10.8. The first-order valence-corrected chi connectivity index (χ1v) is 10.0. The van der Waals surface area contributed by atoms with E-state index in [4.69, 9.17) is 22.8 Å². The number of carbonyl (C=O) groups is 1. The van der Waals surface area contributed by atoms with Gasteiger partial charge in [-0.25, -0.2) is 0 Å². The van der Waals surface area contributed by atoms with Crippen LogP contribution in [-0.2, 0) is 0 Å². The minimum Gasteiger partial charge on any atom is -0.508 e. The van der Waals surface area contributed by atoms with Gasteiger partial charge in [-0.2, -0.15) is 0 Å². The lowest BCUT2D eigenvalue weighted by atomic mass is 9.98. The first-order chi connectivity index (χ1) is 14.2. The van der Waals surface area contributed by atoms with E-state index >= 15 is 0 Å². The van der Waals surface area contributed by atoms with Gasteiger partial charge in [-0.15, -0.1) is 6.42 Å². The van der Waals surface area contributed by atoms with Gasteiger partial charge in [-0.3, -0.25) is 9.69 Å². The minimum absolute atomic E-state index is 0.00520. The smallest absolute Gasteiger partial charge is 0.259 e. The van der Waals surface area contributed by atoms with Crippen LogP contribution in [-0.4, -0.2) is 47.8 Å². The maximum atomic E-state index is 12.6. The van der Waals surface area contributed by atoms with E-state index in [9.17, 15) is 15.0 Å². The number of amides is 1. The molecule has 0 heterocycles. The van der Waals surface area contributed by atoms with Crippen LogP contribution >= 0.6 is 11.6 Å². The number of aromatic hydroxyl groups is 2. The quantitative estimate of drug-likeness (QED) is 0.404. The van der Waals surface area contributed by atoms with Gasteiger partial charge in [-0.05, 0) is 49.2 Å². The van der Waals surface area contributed by atoms with Crippen LogP contribution in [0.2, 0.25) is 5.02 Å². The van der Waals surface area contributed by atoms with Crippen LogP contribution in [0.3, 0.4) is 0 Å². The van der Waals surface area contributed by atoms with Crippen molar-refractivity contribution in [3.63, 3.8) is 0 Å². The maximum Gasteiger partial charge on any atom is 0.259 e. The van der Waals surface area contributed by atoms with Crippen molar-refractivity contribution in [1.29, 1.82) is 0 Å². The Morgan fingerprint density at radius 1 is 1.27 bits per heavy atom. The number of phenolic OH excluding ortho intramolecular Hbond substituents is 2. The fourth-order valence-corrected chi connectivity index (χ4v) is 3.12. The predicted octanol–water partition coefficient (Wildman–Crippen LogP) is 4.46. The highest BCUT2D eigenvalue weighted by Gasteiger charge is 2.17. The number of anilines is 1. The predicted molar refractivity (Wildman–Crippen MR) is 120 cm³/mol. The lowest BCUT2D eigenvalue weighted by molar-refractivity contribution is 0.102. The van der Waals surface area contributed by atoms with Crippen LogP contribution < -0.4 is 10.1 Å². The van der Waals surface area contributed by atoms with Crippen molar-refractivity contribution in [2.24, 2.45) is 0 Å². The number of phenols is 2. The van der Waals surface area contributed by atoms with E-state index in [2.05, 4.69) is 11.2 Å². The number of carbonyl (C=O) groups excluding carboxylic acids is 1. The van der Waals surface area contributed by atoms with Gasteiger partial charge >= 0.3 is 0 Å². The number of nitrogens with one attached hydrogen (secondary N) is 1. The fourth-order valence-electron chi connectivity index (χ4n) is 2.88. The van der Waals surface area contributed by atoms with Crippen LogP contribution in [0.5, 0.6) is 17.2 Å². The van der Waals surface area contributed by atoms with Crippen molar-refractivity contribution in [1.82, 2.24) is 4.90 Å². The third-order valence-corrected chi connectivity index (χ3v) is 4.80. The van der Waals surface area contributed by atoms with Crippen LogP contribution in [0.4, 0.5) is 5.69 Å². The highest BCUT2D eigenvalue weighted by Crippen LogP contribution is 2.33. The van der Waals surface area contributed by atoms with Crippen molar-refractivity contribution in [2.45, 2.75) is 26.2 Å². The first kappa shape index (κ1) is 23.4. The first-order valence-electron chi connectivity index (χ1n) is 9.64. The van der Waals surface area contributed by atoms with Gasteiger partial charge in [0.1, 0.15) is 17.2 Å². The van der Waals surface area contributed by atoms with E-state index in [1.54, 1.807) is 18.2 Å². The maximum absolute atomic E-state index is 12.6. The Bertz CT molecular complexity index is 938. The molecule has 2 aromatic carbocycles.